The summed E-state index contributed by atoms with van der Waals surface area (Å²) in [7, 11) is 0. The third-order valence-corrected chi connectivity index (χ3v) is 6.23. The minimum atomic E-state index is 0.0599. The highest BCUT2D eigenvalue weighted by molar-refractivity contribution is 9.10. The summed E-state index contributed by atoms with van der Waals surface area (Å²) in [5.41, 5.74) is 3.58. The summed E-state index contributed by atoms with van der Waals surface area (Å²) in [4.78, 5) is 13.3. The van der Waals surface area contributed by atoms with Gasteiger partial charge >= 0.3 is 0 Å². The standard InChI is InChI=1S/C25H25BrO2/c1-2-3-4-5-6-9-16-28-22-15-13-20-21(26)14-12-18-17-10-7-8-11-19(17)25(27)24(22)23(18)20/h7-8,10-15H,2-6,9,16H2,1H3. The molecular weight excluding hydrogens is 412 g/mol. The zero-order valence-electron chi connectivity index (χ0n) is 16.3. The molecule has 0 spiro atoms. The molecule has 0 aromatic heterocycles. The van der Waals surface area contributed by atoms with E-state index in [1.807, 2.05) is 30.3 Å². The van der Waals surface area contributed by atoms with E-state index >= 15 is 0 Å². The molecule has 0 saturated heterocycles. The van der Waals surface area contributed by atoms with E-state index in [0.29, 0.717) is 17.9 Å². The molecule has 2 nitrogen and oxygen atoms in total. The lowest BCUT2D eigenvalue weighted by molar-refractivity contribution is 0.103. The molecule has 0 saturated carbocycles. The Balaban J connectivity index is 1.66. The van der Waals surface area contributed by atoms with E-state index in [1.165, 1.54) is 32.1 Å². The van der Waals surface area contributed by atoms with E-state index in [9.17, 15) is 4.79 Å². The summed E-state index contributed by atoms with van der Waals surface area (Å²) in [6.45, 7) is 2.89. The molecular formula is C25H25BrO2. The van der Waals surface area contributed by atoms with Crippen LogP contribution in [-0.2, 0) is 0 Å². The Bertz CT molecular complexity index is 1020. The Kier molecular flexibility index (Phi) is 5.82. The van der Waals surface area contributed by atoms with Gasteiger partial charge in [-0.1, -0.05) is 85.3 Å². The van der Waals surface area contributed by atoms with E-state index in [-0.39, 0.29) is 5.78 Å². The highest BCUT2D eigenvalue weighted by atomic mass is 79.9. The van der Waals surface area contributed by atoms with Crippen LogP contribution in [0.3, 0.4) is 0 Å². The maximum atomic E-state index is 13.3. The average Bonchev–Trinajstić information content (AvgIpc) is 2.72. The summed E-state index contributed by atoms with van der Waals surface area (Å²) < 4.78 is 7.12. The van der Waals surface area contributed by atoms with Gasteiger partial charge in [-0.2, -0.15) is 0 Å². The van der Waals surface area contributed by atoms with Crippen molar-refractivity contribution in [2.24, 2.45) is 0 Å². The number of carbonyl (C=O) groups excluding carboxylic acids is 1. The van der Waals surface area contributed by atoms with Crippen molar-refractivity contribution in [2.75, 3.05) is 6.61 Å². The molecule has 0 atom stereocenters. The second-order valence-corrected chi connectivity index (χ2v) is 8.30. The fraction of sp³-hybridized carbons (Fsp3) is 0.320. The molecule has 0 aliphatic heterocycles. The Labute approximate surface area is 175 Å². The number of ketones is 1. The van der Waals surface area contributed by atoms with Gasteiger partial charge in [-0.25, -0.2) is 0 Å². The van der Waals surface area contributed by atoms with Gasteiger partial charge in [-0.3, -0.25) is 4.79 Å². The van der Waals surface area contributed by atoms with Crippen LogP contribution in [0.2, 0.25) is 0 Å². The van der Waals surface area contributed by atoms with Crippen molar-refractivity contribution in [1.82, 2.24) is 0 Å². The number of ether oxygens (including phenoxy) is 1. The molecule has 1 aliphatic rings. The normalized spacial score (nSPS) is 12.3. The first-order valence-electron chi connectivity index (χ1n) is 10.2. The molecule has 3 aromatic rings. The fourth-order valence-corrected chi connectivity index (χ4v) is 4.54. The lowest BCUT2D eigenvalue weighted by Crippen LogP contribution is -2.12. The van der Waals surface area contributed by atoms with Gasteiger partial charge in [0.15, 0.2) is 5.78 Å². The van der Waals surface area contributed by atoms with Gasteiger partial charge in [0.2, 0.25) is 0 Å². The third-order valence-electron chi connectivity index (χ3n) is 5.53. The summed E-state index contributed by atoms with van der Waals surface area (Å²) >= 11 is 3.64. The summed E-state index contributed by atoms with van der Waals surface area (Å²) in [6.07, 6.45) is 7.32. The van der Waals surface area contributed by atoms with Crippen LogP contribution in [0.4, 0.5) is 0 Å². The summed E-state index contributed by atoms with van der Waals surface area (Å²) in [5, 5.41) is 2.06. The number of carbonyl (C=O) groups is 1. The van der Waals surface area contributed by atoms with Crippen molar-refractivity contribution in [3.63, 3.8) is 0 Å². The van der Waals surface area contributed by atoms with E-state index < -0.39 is 0 Å². The summed E-state index contributed by atoms with van der Waals surface area (Å²) in [5.74, 6) is 0.768. The van der Waals surface area contributed by atoms with Gasteiger partial charge in [-0.15, -0.1) is 0 Å². The van der Waals surface area contributed by atoms with Crippen LogP contribution in [0.1, 0.15) is 61.4 Å². The zero-order valence-corrected chi connectivity index (χ0v) is 17.8. The number of unbranched alkanes of at least 4 members (excludes halogenated alkanes) is 5. The predicted octanol–water partition coefficient (Wildman–Crippen LogP) is 7.55. The molecule has 0 unspecified atom stereocenters. The number of rotatable bonds is 8. The monoisotopic (exact) mass is 436 g/mol. The van der Waals surface area contributed by atoms with Gasteiger partial charge in [0, 0.05) is 15.4 Å². The molecule has 28 heavy (non-hydrogen) atoms. The zero-order chi connectivity index (χ0) is 19.5. The van der Waals surface area contributed by atoms with E-state index in [2.05, 4.69) is 41.1 Å². The second kappa shape index (κ2) is 8.48. The fourth-order valence-electron chi connectivity index (χ4n) is 4.08. The van der Waals surface area contributed by atoms with Gasteiger partial charge in [0.25, 0.3) is 0 Å². The SMILES string of the molecule is CCCCCCCCOc1ccc2c(Br)ccc3c2c1C(=O)c1ccccc1-3. The van der Waals surface area contributed by atoms with Crippen LogP contribution in [0.15, 0.2) is 53.0 Å². The van der Waals surface area contributed by atoms with Crippen LogP contribution in [0.5, 0.6) is 5.75 Å². The predicted molar refractivity (Wildman–Crippen MR) is 119 cm³/mol. The molecule has 0 fully saturated rings. The Morgan fingerprint density at radius 3 is 2.39 bits per heavy atom. The minimum Gasteiger partial charge on any atom is -0.493 e. The van der Waals surface area contributed by atoms with Crippen LogP contribution in [-0.4, -0.2) is 12.4 Å². The van der Waals surface area contributed by atoms with Crippen LogP contribution in [0, 0.1) is 0 Å². The number of hydrogen-bond acceptors (Lipinski definition) is 2. The molecule has 0 bridgehead atoms. The van der Waals surface area contributed by atoms with Crippen LogP contribution < -0.4 is 4.74 Å². The van der Waals surface area contributed by atoms with Crippen molar-refractivity contribution < 1.29 is 9.53 Å². The van der Waals surface area contributed by atoms with Crippen molar-refractivity contribution >= 4 is 32.5 Å². The molecule has 3 aromatic carbocycles. The highest BCUT2D eigenvalue weighted by Gasteiger charge is 2.28. The third kappa shape index (κ3) is 3.48. The van der Waals surface area contributed by atoms with Gasteiger partial charge in [0.1, 0.15) is 5.75 Å². The Morgan fingerprint density at radius 1 is 0.821 bits per heavy atom. The van der Waals surface area contributed by atoms with Gasteiger partial charge in [0.05, 0.1) is 12.2 Å². The van der Waals surface area contributed by atoms with Crippen LogP contribution >= 0.6 is 15.9 Å². The largest absolute Gasteiger partial charge is 0.493 e. The first-order chi connectivity index (χ1) is 13.7. The lowest BCUT2D eigenvalue weighted by Gasteiger charge is -2.22. The smallest absolute Gasteiger partial charge is 0.198 e. The average molecular weight is 437 g/mol. The maximum absolute atomic E-state index is 13.3. The molecule has 3 heteroatoms. The molecule has 0 heterocycles. The Morgan fingerprint density at radius 2 is 1.57 bits per heavy atom. The van der Waals surface area contributed by atoms with Crippen molar-refractivity contribution in [1.29, 1.82) is 0 Å². The molecule has 0 N–H and O–H groups in total. The molecule has 1 aliphatic carbocycles. The number of benzene rings is 3. The Hall–Kier alpha value is -2.13. The van der Waals surface area contributed by atoms with Crippen LogP contribution in [0.25, 0.3) is 21.9 Å². The van der Waals surface area contributed by atoms with E-state index in [0.717, 1.165) is 38.4 Å². The number of halogens is 1. The number of hydrogen-bond donors (Lipinski definition) is 0. The lowest BCUT2D eigenvalue weighted by atomic mass is 9.82. The number of fused-ring (bicyclic) bond motifs is 2. The molecule has 144 valence electrons. The first-order valence-corrected chi connectivity index (χ1v) is 11.0. The van der Waals surface area contributed by atoms with E-state index in [4.69, 9.17) is 4.74 Å². The topological polar surface area (TPSA) is 26.3 Å². The molecule has 4 rings (SSSR count). The van der Waals surface area contributed by atoms with Crippen molar-refractivity contribution in [2.45, 2.75) is 45.4 Å². The quantitative estimate of drug-likeness (QED) is 0.266. The first kappa shape index (κ1) is 19.2. The minimum absolute atomic E-state index is 0.0599. The van der Waals surface area contributed by atoms with E-state index in [1.54, 1.807) is 0 Å². The second-order valence-electron chi connectivity index (χ2n) is 7.45. The van der Waals surface area contributed by atoms with Crippen molar-refractivity contribution in [3.05, 3.63) is 64.1 Å². The van der Waals surface area contributed by atoms with Gasteiger partial charge < -0.3 is 4.74 Å². The maximum Gasteiger partial charge on any atom is 0.198 e. The molecule has 0 amide bonds. The molecule has 0 radical (unpaired) electrons. The van der Waals surface area contributed by atoms with Crippen molar-refractivity contribution in [3.8, 4) is 16.9 Å². The summed E-state index contributed by atoms with van der Waals surface area (Å²) in [6, 6.07) is 16.0. The van der Waals surface area contributed by atoms with Gasteiger partial charge in [-0.05, 0) is 41.1 Å². The highest BCUT2D eigenvalue weighted by Crippen LogP contribution is 2.44.